The van der Waals surface area contributed by atoms with Crippen LogP contribution in [0.5, 0.6) is 11.5 Å². The number of benzene rings is 2. The van der Waals surface area contributed by atoms with Gasteiger partial charge in [-0.25, -0.2) is 0 Å². The van der Waals surface area contributed by atoms with Gasteiger partial charge >= 0.3 is 0 Å². The van der Waals surface area contributed by atoms with E-state index in [9.17, 15) is 14.8 Å². The smallest absolute Gasteiger partial charge is 0.285 e. The van der Waals surface area contributed by atoms with E-state index in [1.54, 1.807) is 18.2 Å². The summed E-state index contributed by atoms with van der Waals surface area (Å²) in [6.07, 6.45) is 0. The van der Waals surface area contributed by atoms with Crippen molar-refractivity contribution in [1.82, 2.24) is 5.06 Å². The number of fused-ring (bicyclic) bond motifs is 1. The zero-order valence-electron chi connectivity index (χ0n) is 9.74. The lowest BCUT2D eigenvalue weighted by Crippen LogP contribution is -2.25. The lowest BCUT2D eigenvalue weighted by Gasteiger charge is -2.05. The van der Waals surface area contributed by atoms with Gasteiger partial charge in [-0.1, -0.05) is 18.2 Å². The fourth-order valence-corrected chi connectivity index (χ4v) is 1.90. The number of hydrogen-bond donors (Lipinski definition) is 1. The number of rotatable bonds is 2. The van der Waals surface area contributed by atoms with Crippen LogP contribution in [0.3, 0.4) is 0 Å². The number of amides is 2. The number of hydrogen-bond acceptors (Lipinski definition) is 4. The minimum atomic E-state index is -0.737. The van der Waals surface area contributed by atoms with Gasteiger partial charge in [-0.05, 0) is 30.3 Å². The molecule has 0 aromatic heterocycles. The molecule has 5 nitrogen and oxygen atoms in total. The largest absolute Gasteiger partial charge is 0.457 e. The van der Waals surface area contributed by atoms with Crippen molar-refractivity contribution >= 4 is 11.8 Å². The first-order valence-electron chi connectivity index (χ1n) is 5.61. The monoisotopic (exact) mass is 255 g/mol. The highest BCUT2D eigenvalue weighted by molar-refractivity contribution is 6.20. The Balaban J connectivity index is 1.95. The van der Waals surface area contributed by atoms with Gasteiger partial charge in [0, 0.05) is 0 Å². The molecule has 2 aromatic rings. The minimum Gasteiger partial charge on any atom is -0.457 e. The van der Waals surface area contributed by atoms with Crippen LogP contribution in [0.1, 0.15) is 20.7 Å². The zero-order chi connectivity index (χ0) is 13.4. The third-order valence-electron chi connectivity index (χ3n) is 2.82. The SMILES string of the molecule is O=C1c2ccc(Oc3ccccc3)cc2C(=O)N1O. The van der Waals surface area contributed by atoms with Crippen LogP contribution in [0.15, 0.2) is 48.5 Å². The Kier molecular flexibility index (Phi) is 2.54. The molecule has 1 N–H and O–H groups in total. The summed E-state index contributed by atoms with van der Waals surface area (Å²) in [5.41, 5.74) is 0.314. The number of ether oxygens (including phenoxy) is 1. The third kappa shape index (κ3) is 1.86. The molecule has 3 rings (SSSR count). The average Bonchev–Trinajstić information content (AvgIpc) is 2.65. The molecule has 1 heterocycles. The summed E-state index contributed by atoms with van der Waals surface area (Å²) in [4.78, 5) is 23.1. The fourth-order valence-electron chi connectivity index (χ4n) is 1.90. The Labute approximate surface area is 108 Å². The summed E-state index contributed by atoms with van der Waals surface area (Å²) < 4.78 is 5.56. The van der Waals surface area contributed by atoms with Crippen molar-refractivity contribution in [3.8, 4) is 11.5 Å². The van der Waals surface area contributed by atoms with Crippen molar-refractivity contribution < 1.29 is 19.5 Å². The van der Waals surface area contributed by atoms with Gasteiger partial charge in [-0.3, -0.25) is 14.8 Å². The highest BCUT2D eigenvalue weighted by Crippen LogP contribution is 2.28. The maximum absolute atomic E-state index is 11.6. The Morgan fingerprint density at radius 3 is 2.26 bits per heavy atom. The second kappa shape index (κ2) is 4.22. The molecule has 0 radical (unpaired) electrons. The molecule has 0 bridgehead atoms. The van der Waals surface area contributed by atoms with Gasteiger partial charge in [0.25, 0.3) is 11.8 Å². The molecule has 5 heteroatoms. The number of para-hydroxylation sites is 1. The molecule has 0 unspecified atom stereocenters. The Hall–Kier alpha value is -2.66. The summed E-state index contributed by atoms with van der Waals surface area (Å²) in [7, 11) is 0. The van der Waals surface area contributed by atoms with Crippen molar-refractivity contribution in [1.29, 1.82) is 0 Å². The lowest BCUT2D eigenvalue weighted by atomic mass is 10.1. The first kappa shape index (κ1) is 11.4. The van der Waals surface area contributed by atoms with Crippen molar-refractivity contribution in [2.45, 2.75) is 0 Å². The van der Waals surface area contributed by atoms with E-state index in [0.29, 0.717) is 11.5 Å². The number of hydroxylamine groups is 2. The van der Waals surface area contributed by atoms with Crippen LogP contribution in [0.4, 0.5) is 0 Å². The molecule has 0 spiro atoms. The summed E-state index contributed by atoms with van der Waals surface area (Å²) in [5.74, 6) is -0.397. The van der Waals surface area contributed by atoms with E-state index in [1.807, 2.05) is 18.2 Å². The Bertz CT molecular complexity index is 666. The van der Waals surface area contributed by atoms with Crippen LogP contribution in [0, 0.1) is 0 Å². The third-order valence-corrected chi connectivity index (χ3v) is 2.82. The van der Waals surface area contributed by atoms with Gasteiger partial charge in [-0.15, -0.1) is 5.06 Å². The van der Waals surface area contributed by atoms with E-state index in [4.69, 9.17) is 4.74 Å². The van der Waals surface area contributed by atoms with E-state index < -0.39 is 11.8 Å². The van der Waals surface area contributed by atoms with Crippen molar-refractivity contribution in [2.75, 3.05) is 0 Å². The molecule has 2 aromatic carbocycles. The molecule has 1 aliphatic rings. The van der Waals surface area contributed by atoms with Crippen LogP contribution < -0.4 is 4.74 Å². The number of imide groups is 1. The average molecular weight is 255 g/mol. The number of carbonyl (C=O) groups excluding carboxylic acids is 2. The van der Waals surface area contributed by atoms with Gasteiger partial charge < -0.3 is 4.74 Å². The van der Waals surface area contributed by atoms with Crippen LogP contribution >= 0.6 is 0 Å². The predicted octanol–water partition coefficient (Wildman–Crippen LogP) is 2.46. The molecule has 1 aliphatic heterocycles. The maximum Gasteiger partial charge on any atom is 0.285 e. The van der Waals surface area contributed by atoms with Crippen LogP contribution in [-0.4, -0.2) is 22.1 Å². The number of carbonyl (C=O) groups is 2. The van der Waals surface area contributed by atoms with E-state index in [1.165, 1.54) is 12.1 Å². The molecule has 0 saturated heterocycles. The minimum absolute atomic E-state index is 0.108. The highest BCUT2D eigenvalue weighted by atomic mass is 16.5. The standard InChI is InChI=1S/C14H9NO4/c16-13-11-7-6-10(8-12(11)14(17)15(13)18)19-9-4-2-1-3-5-9/h1-8,18H. The highest BCUT2D eigenvalue weighted by Gasteiger charge is 2.35. The predicted molar refractivity (Wildman–Crippen MR) is 65.2 cm³/mol. The van der Waals surface area contributed by atoms with Crippen LogP contribution in [0.25, 0.3) is 0 Å². The van der Waals surface area contributed by atoms with Crippen molar-refractivity contribution in [3.05, 3.63) is 59.7 Å². The fraction of sp³-hybridized carbons (Fsp3) is 0. The van der Waals surface area contributed by atoms with Crippen LogP contribution in [0.2, 0.25) is 0 Å². The molecule has 0 fully saturated rings. The van der Waals surface area contributed by atoms with Crippen molar-refractivity contribution in [3.63, 3.8) is 0 Å². The zero-order valence-corrected chi connectivity index (χ0v) is 9.74. The molecule has 0 aliphatic carbocycles. The first-order chi connectivity index (χ1) is 9.16. The van der Waals surface area contributed by atoms with Gasteiger partial charge in [0.1, 0.15) is 11.5 Å². The Morgan fingerprint density at radius 1 is 0.842 bits per heavy atom. The van der Waals surface area contributed by atoms with E-state index in [2.05, 4.69) is 0 Å². The van der Waals surface area contributed by atoms with E-state index >= 15 is 0 Å². The molecule has 19 heavy (non-hydrogen) atoms. The van der Waals surface area contributed by atoms with Gasteiger partial charge in [0.2, 0.25) is 0 Å². The van der Waals surface area contributed by atoms with Gasteiger partial charge in [0.05, 0.1) is 11.1 Å². The Morgan fingerprint density at radius 2 is 1.53 bits per heavy atom. The summed E-state index contributed by atoms with van der Waals surface area (Å²) in [6, 6.07) is 13.6. The second-order valence-corrected chi connectivity index (χ2v) is 4.04. The van der Waals surface area contributed by atoms with Gasteiger partial charge in [-0.2, -0.15) is 0 Å². The van der Waals surface area contributed by atoms with Gasteiger partial charge in [0.15, 0.2) is 0 Å². The summed E-state index contributed by atoms with van der Waals surface area (Å²) in [5, 5.41) is 9.37. The van der Waals surface area contributed by atoms with E-state index in [0.717, 1.165) is 0 Å². The normalized spacial score (nSPS) is 13.6. The van der Waals surface area contributed by atoms with Crippen LogP contribution in [-0.2, 0) is 0 Å². The van der Waals surface area contributed by atoms with Crippen molar-refractivity contribution in [2.24, 2.45) is 0 Å². The molecular weight excluding hydrogens is 246 g/mol. The molecular formula is C14H9NO4. The molecule has 0 atom stereocenters. The first-order valence-corrected chi connectivity index (χ1v) is 5.61. The molecule has 94 valence electrons. The molecule has 0 saturated carbocycles. The second-order valence-electron chi connectivity index (χ2n) is 4.04. The number of nitrogens with zero attached hydrogens (tertiary/aromatic N) is 1. The van der Waals surface area contributed by atoms with E-state index in [-0.39, 0.29) is 16.2 Å². The topological polar surface area (TPSA) is 66.8 Å². The quantitative estimate of drug-likeness (QED) is 0.661. The lowest BCUT2D eigenvalue weighted by molar-refractivity contribution is -0.0327. The summed E-state index contributed by atoms with van der Waals surface area (Å²) in [6.45, 7) is 0. The molecule has 2 amide bonds. The summed E-state index contributed by atoms with van der Waals surface area (Å²) >= 11 is 0. The maximum atomic E-state index is 11.6.